The van der Waals surface area contributed by atoms with Crippen molar-refractivity contribution in [2.24, 2.45) is 0 Å². The summed E-state index contributed by atoms with van der Waals surface area (Å²) in [5.74, 6) is 0.667. The molecule has 3 aromatic rings. The van der Waals surface area contributed by atoms with E-state index in [1.807, 2.05) is 18.3 Å². The summed E-state index contributed by atoms with van der Waals surface area (Å²) in [6.45, 7) is 6.76. The van der Waals surface area contributed by atoms with E-state index < -0.39 is 0 Å². The van der Waals surface area contributed by atoms with Crippen LogP contribution in [-0.4, -0.2) is 34.0 Å². The molecule has 2 fully saturated rings. The van der Waals surface area contributed by atoms with Gasteiger partial charge in [0.1, 0.15) is 0 Å². The standard InChI is InChI=1S/C23H27N3S/c1-15-6-8-20(16(2)24-15)17-7-9-21-22(14-17)27-23(25-21)18-12-19(13-18)26-10-4-3-5-11-26/h6-9,14,18-19H,3-5,10-13H2,1-2H3. The van der Waals surface area contributed by atoms with Crippen LogP contribution in [0.2, 0.25) is 0 Å². The number of nitrogens with zero attached hydrogens (tertiary/aromatic N) is 3. The zero-order valence-corrected chi connectivity index (χ0v) is 17.1. The molecule has 140 valence electrons. The topological polar surface area (TPSA) is 29.0 Å². The van der Waals surface area contributed by atoms with E-state index in [-0.39, 0.29) is 0 Å². The zero-order valence-electron chi connectivity index (χ0n) is 16.2. The van der Waals surface area contributed by atoms with Gasteiger partial charge in [-0.3, -0.25) is 4.98 Å². The first-order valence-corrected chi connectivity index (χ1v) is 11.1. The van der Waals surface area contributed by atoms with E-state index in [2.05, 4.69) is 47.1 Å². The fourth-order valence-corrected chi connectivity index (χ4v) is 5.78. The predicted octanol–water partition coefficient (Wildman–Crippen LogP) is 5.71. The summed E-state index contributed by atoms with van der Waals surface area (Å²) in [6, 6.07) is 11.8. The highest BCUT2D eigenvalue weighted by Gasteiger charge is 2.36. The number of hydrogen-bond donors (Lipinski definition) is 0. The Hall–Kier alpha value is -1.78. The lowest BCUT2D eigenvalue weighted by Crippen LogP contribution is -2.46. The first kappa shape index (κ1) is 17.3. The molecule has 1 aliphatic carbocycles. The van der Waals surface area contributed by atoms with Crippen LogP contribution in [0.4, 0.5) is 0 Å². The van der Waals surface area contributed by atoms with Crippen LogP contribution in [0.15, 0.2) is 30.3 Å². The van der Waals surface area contributed by atoms with E-state index in [9.17, 15) is 0 Å². The van der Waals surface area contributed by atoms with Crippen molar-refractivity contribution in [2.45, 2.75) is 57.9 Å². The molecule has 1 aromatic carbocycles. The second-order valence-electron chi connectivity index (χ2n) is 8.24. The van der Waals surface area contributed by atoms with E-state index in [0.29, 0.717) is 5.92 Å². The van der Waals surface area contributed by atoms with Crippen molar-refractivity contribution < 1.29 is 0 Å². The van der Waals surface area contributed by atoms with Gasteiger partial charge in [0.15, 0.2) is 0 Å². The van der Waals surface area contributed by atoms with Gasteiger partial charge in [-0.15, -0.1) is 11.3 Å². The van der Waals surface area contributed by atoms with Crippen molar-refractivity contribution in [2.75, 3.05) is 13.1 Å². The van der Waals surface area contributed by atoms with Crippen molar-refractivity contribution in [1.29, 1.82) is 0 Å². The van der Waals surface area contributed by atoms with Gasteiger partial charge >= 0.3 is 0 Å². The molecule has 0 unspecified atom stereocenters. The van der Waals surface area contributed by atoms with Crippen LogP contribution in [-0.2, 0) is 0 Å². The van der Waals surface area contributed by atoms with Gasteiger partial charge < -0.3 is 4.90 Å². The maximum Gasteiger partial charge on any atom is 0.0970 e. The molecule has 0 atom stereocenters. The lowest BCUT2D eigenvalue weighted by Gasteiger charge is -2.43. The largest absolute Gasteiger partial charge is 0.300 e. The van der Waals surface area contributed by atoms with Crippen molar-refractivity contribution in [3.63, 3.8) is 0 Å². The van der Waals surface area contributed by atoms with E-state index in [1.165, 1.54) is 66.0 Å². The van der Waals surface area contributed by atoms with Crippen LogP contribution in [0.3, 0.4) is 0 Å². The van der Waals surface area contributed by atoms with Gasteiger partial charge in [-0.1, -0.05) is 18.6 Å². The highest BCUT2D eigenvalue weighted by molar-refractivity contribution is 7.18. The lowest BCUT2D eigenvalue weighted by atomic mass is 9.79. The quantitative estimate of drug-likeness (QED) is 0.585. The zero-order chi connectivity index (χ0) is 18.4. The fourth-order valence-electron chi connectivity index (χ4n) is 4.65. The van der Waals surface area contributed by atoms with Crippen molar-refractivity contribution >= 4 is 21.6 Å². The number of piperidine rings is 1. The number of rotatable bonds is 3. The maximum atomic E-state index is 4.97. The summed E-state index contributed by atoms with van der Waals surface area (Å²) < 4.78 is 1.31. The third-order valence-corrected chi connectivity index (χ3v) is 7.49. The number of aryl methyl sites for hydroxylation is 2. The summed E-state index contributed by atoms with van der Waals surface area (Å²) in [5.41, 5.74) is 5.81. The number of pyridine rings is 1. The van der Waals surface area contributed by atoms with Crippen molar-refractivity contribution in [3.05, 3.63) is 46.7 Å². The monoisotopic (exact) mass is 377 g/mol. The smallest absolute Gasteiger partial charge is 0.0970 e. The van der Waals surface area contributed by atoms with Gasteiger partial charge in [0.2, 0.25) is 0 Å². The Bertz CT molecular complexity index is 965. The molecule has 1 aliphatic heterocycles. The molecule has 1 saturated carbocycles. The fraction of sp³-hybridized carbons (Fsp3) is 0.478. The van der Waals surface area contributed by atoms with Gasteiger partial charge in [0, 0.05) is 28.9 Å². The van der Waals surface area contributed by atoms with Crippen LogP contribution in [0, 0.1) is 13.8 Å². The second-order valence-corrected chi connectivity index (χ2v) is 9.30. The maximum absolute atomic E-state index is 4.97. The first-order chi connectivity index (χ1) is 13.2. The molecule has 3 nitrogen and oxygen atoms in total. The highest BCUT2D eigenvalue weighted by atomic mass is 32.1. The predicted molar refractivity (Wildman–Crippen MR) is 114 cm³/mol. The van der Waals surface area contributed by atoms with Gasteiger partial charge in [0.05, 0.1) is 15.2 Å². The Balaban J connectivity index is 1.35. The van der Waals surface area contributed by atoms with Crippen LogP contribution in [0.5, 0.6) is 0 Å². The van der Waals surface area contributed by atoms with Crippen molar-refractivity contribution in [3.8, 4) is 11.1 Å². The summed E-state index contributed by atoms with van der Waals surface area (Å²) in [5, 5.41) is 1.34. The average molecular weight is 378 g/mol. The molecule has 0 radical (unpaired) electrons. The molecular formula is C23H27N3S. The minimum atomic E-state index is 0.667. The third kappa shape index (κ3) is 3.30. The average Bonchev–Trinajstić information content (AvgIpc) is 3.04. The Labute approximate surface area is 165 Å². The van der Waals surface area contributed by atoms with Crippen molar-refractivity contribution in [1.82, 2.24) is 14.9 Å². The highest BCUT2D eigenvalue weighted by Crippen LogP contribution is 2.43. The molecule has 2 aliphatic rings. The first-order valence-electron chi connectivity index (χ1n) is 10.3. The molecule has 2 aromatic heterocycles. The normalized spacial score (nSPS) is 23.5. The van der Waals surface area contributed by atoms with Gasteiger partial charge in [-0.2, -0.15) is 0 Å². The Morgan fingerprint density at radius 1 is 0.963 bits per heavy atom. The van der Waals surface area contributed by atoms with Crippen LogP contribution in [0.25, 0.3) is 21.3 Å². The summed E-state index contributed by atoms with van der Waals surface area (Å²) in [4.78, 5) is 12.3. The molecule has 27 heavy (non-hydrogen) atoms. The molecule has 0 bridgehead atoms. The van der Waals surface area contributed by atoms with Gasteiger partial charge in [-0.05, 0) is 76.4 Å². The Kier molecular flexibility index (Phi) is 4.49. The molecule has 0 spiro atoms. The van der Waals surface area contributed by atoms with E-state index >= 15 is 0 Å². The SMILES string of the molecule is Cc1ccc(-c2ccc3nc(C4CC(N5CCCCC5)C4)sc3c2)c(C)n1. The van der Waals surface area contributed by atoms with Gasteiger partial charge in [-0.25, -0.2) is 4.98 Å². The molecule has 0 N–H and O–H groups in total. The number of fused-ring (bicyclic) bond motifs is 1. The Morgan fingerprint density at radius 2 is 1.78 bits per heavy atom. The number of likely N-dealkylation sites (tertiary alicyclic amines) is 1. The minimum Gasteiger partial charge on any atom is -0.300 e. The molecule has 1 saturated heterocycles. The Morgan fingerprint density at radius 3 is 2.56 bits per heavy atom. The molecule has 0 amide bonds. The molecular weight excluding hydrogens is 350 g/mol. The third-order valence-electron chi connectivity index (χ3n) is 6.31. The number of thiazole rings is 1. The van der Waals surface area contributed by atoms with E-state index in [0.717, 1.165) is 22.9 Å². The number of hydrogen-bond acceptors (Lipinski definition) is 4. The lowest BCUT2D eigenvalue weighted by molar-refractivity contribution is 0.0888. The van der Waals surface area contributed by atoms with Gasteiger partial charge in [0.25, 0.3) is 0 Å². The van der Waals surface area contributed by atoms with Crippen LogP contribution in [0.1, 0.15) is 54.4 Å². The van der Waals surface area contributed by atoms with E-state index in [4.69, 9.17) is 4.98 Å². The minimum absolute atomic E-state index is 0.667. The molecule has 5 rings (SSSR count). The number of aromatic nitrogens is 2. The second kappa shape index (κ2) is 6.99. The van der Waals surface area contributed by atoms with E-state index in [1.54, 1.807) is 0 Å². The van der Waals surface area contributed by atoms with Crippen LogP contribution >= 0.6 is 11.3 Å². The molecule has 4 heteroatoms. The summed E-state index contributed by atoms with van der Waals surface area (Å²) in [6.07, 6.45) is 6.79. The summed E-state index contributed by atoms with van der Waals surface area (Å²) >= 11 is 1.90. The summed E-state index contributed by atoms with van der Waals surface area (Å²) in [7, 11) is 0. The number of benzene rings is 1. The van der Waals surface area contributed by atoms with Crippen LogP contribution < -0.4 is 0 Å². The molecule has 3 heterocycles.